The molecule has 5 heteroatoms. The number of benzene rings is 1. The SMILES string of the molecule is COc1cc2nc(N)[nH]c2cc1F. The molecule has 0 radical (unpaired) electrons. The van der Waals surface area contributed by atoms with Crippen LogP contribution in [0.25, 0.3) is 11.0 Å². The average molecular weight is 181 g/mol. The number of imidazole rings is 1. The van der Waals surface area contributed by atoms with Crippen molar-refractivity contribution in [3.8, 4) is 5.75 Å². The van der Waals surface area contributed by atoms with E-state index < -0.39 is 5.82 Å². The maximum absolute atomic E-state index is 13.1. The lowest BCUT2D eigenvalue weighted by Gasteiger charge is -1.99. The van der Waals surface area contributed by atoms with Crippen molar-refractivity contribution in [1.82, 2.24) is 9.97 Å². The molecular formula is C8H8FN3O. The molecule has 13 heavy (non-hydrogen) atoms. The van der Waals surface area contributed by atoms with Crippen LogP contribution < -0.4 is 10.5 Å². The third-order valence-electron chi connectivity index (χ3n) is 1.77. The molecule has 1 aromatic heterocycles. The van der Waals surface area contributed by atoms with Crippen LogP contribution in [0.5, 0.6) is 5.75 Å². The predicted octanol–water partition coefficient (Wildman–Crippen LogP) is 1.29. The Labute approximate surface area is 73.5 Å². The molecule has 0 amide bonds. The average Bonchev–Trinajstić information content (AvgIpc) is 2.42. The third kappa shape index (κ3) is 1.18. The Bertz CT molecular complexity index is 452. The Morgan fingerprint density at radius 1 is 1.54 bits per heavy atom. The summed E-state index contributed by atoms with van der Waals surface area (Å²) in [6.07, 6.45) is 0. The smallest absolute Gasteiger partial charge is 0.198 e. The van der Waals surface area contributed by atoms with Crippen LogP contribution in [-0.4, -0.2) is 17.1 Å². The molecule has 0 fully saturated rings. The fraction of sp³-hybridized carbons (Fsp3) is 0.125. The molecule has 1 aromatic carbocycles. The van der Waals surface area contributed by atoms with Gasteiger partial charge in [-0.15, -0.1) is 0 Å². The summed E-state index contributed by atoms with van der Waals surface area (Å²) in [6, 6.07) is 2.80. The molecule has 0 saturated carbocycles. The van der Waals surface area contributed by atoms with Gasteiger partial charge in [0.25, 0.3) is 0 Å². The van der Waals surface area contributed by atoms with Crippen molar-refractivity contribution in [2.24, 2.45) is 0 Å². The zero-order chi connectivity index (χ0) is 9.42. The number of nitrogens with two attached hydrogens (primary N) is 1. The van der Waals surface area contributed by atoms with E-state index in [0.29, 0.717) is 11.0 Å². The minimum Gasteiger partial charge on any atom is -0.494 e. The lowest BCUT2D eigenvalue weighted by molar-refractivity contribution is 0.387. The largest absolute Gasteiger partial charge is 0.494 e. The van der Waals surface area contributed by atoms with Gasteiger partial charge in [-0.05, 0) is 0 Å². The first-order chi connectivity index (χ1) is 6.20. The van der Waals surface area contributed by atoms with Gasteiger partial charge in [-0.3, -0.25) is 0 Å². The standard InChI is InChI=1S/C8H8FN3O/c1-13-7-3-6-5(2-4(7)9)11-8(10)12-6/h2-3H,1H3,(H3,10,11,12). The number of nitrogen functional groups attached to an aromatic ring is 1. The number of fused-ring (bicyclic) bond motifs is 1. The van der Waals surface area contributed by atoms with Crippen molar-refractivity contribution < 1.29 is 9.13 Å². The Kier molecular flexibility index (Phi) is 1.58. The van der Waals surface area contributed by atoms with E-state index in [1.165, 1.54) is 19.2 Å². The molecule has 0 bridgehead atoms. The van der Waals surface area contributed by atoms with Gasteiger partial charge in [0.2, 0.25) is 0 Å². The topological polar surface area (TPSA) is 63.9 Å². The van der Waals surface area contributed by atoms with Gasteiger partial charge in [-0.2, -0.15) is 0 Å². The molecule has 0 saturated heterocycles. The van der Waals surface area contributed by atoms with E-state index in [-0.39, 0.29) is 11.7 Å². The van der Waals surface area contributed by atoms with Gasteiger partial charge >= 0.3 is 0 Å². The third-order valence-corrected chi connectivity index (χ3v) is 1.77. The number of nitrogens with one attached hydrogen (secondary N) is 1. The minimum absolute atomic E-state index is 0.166. The number of aromatic nitrogens is 2. The van der Waals surface area contributed by atoms with Crippen molar-refractivity contribution in [1.29, 1.82) is 0 Å². The summed E-state index contributed by atoms with van der Waals surface area (Å²) in [5, 5.41) is 0. The number of aromatic amines is 1. The van der Waals surface area contributed by atoms with E-state index in [0.717, 1.165) is 0 Å². The number of halogens is 1. The quantitative estimate of drug-likeness (QED) is 0.696. The number of hydrogen-bond acceptors (Lipinski definition) is 3. The highest BCUT2D eigenvalue weighted by atomic mass is 19.1. The van der Waals surface area contributed by atoms with Crippen LogP contribution in [0, 0.1) is 5.82 Å². The number of H-pyrrole nitrogens is 1. The second kappa shape index (κ2) is 2.62. The fourth-order valence-corrected chi connectivity index (χ4v) is 1.19. The van der Waals surface area contributed by atoms with E-state index in [2.05, 4.69) is 9.97 Å². The van der Waals surface area contributed by atoms with Gasteiger partial charge < -0.3 is 15.5 Å². The van der Waals surface area contributed by atoms with Crippen molar-refractivity contribution >= 4 is 17.0 Å². The highest BCUT2D eigenvalue weighted by Gasteiger charge is 2.07. The van der Waals surface area contributed by atoms with Gasteiger partial charge in [0, 0.05) is 12.1 Å². The van der Waals surface area contributed by atoms with Crippen LogP contribution in [0.1, 0.15) is 0 Å². The maximum atomic E-state index is 13.1. The summed E-state index contributed by atoms with van der Waals surface area (Å²) >= 11 is 0. The van der Waals surface area contributed by atoms with Crippen LogP contribution in [-0.2, 0) is 0 Å². The Morgan fingerprint density at radius 2 is 2.31 bits per heavy atom. The zero-order valence-electron chi connectivity index (χ0n) is 6.97. The Balaban J connectivity index is 2.72. The van der Waals surface area contributed by atoms with Crippen LogP contribution in [0.2, 0.25) is 0 Å². The molecule has 1 heterocycles. The maximum Gasteiger partial charge on any atom is 0.198 e. The van der Waals surface area contributed by atoms with Crippen molar-refractivity contribution in [2.75, 3.05) is 12.8 Å². The molecule has 0 aliphatic carbocycles. The summed E-state index contributed by atoms with van der Waals surface area (Å²) in [4.78, 5) is 6.66. The fourth-order valence-electron chi connectivity index (χ4n) is 1.19. The van der Waals surface area contributed by atoms with Crippen LogP contribution in [0.3, 0.4) is 0 Å². The molecule has 0 aliphatic rings. The van der Waals surface area contributed by atoms with E-state index in [9.17, 15) is 4.39 Å². The number of rotatable bonds is 1. The number of anilines is 1. The first kappa shape index (κ1) is 7.85. The summed E-state index contributed by atoms with van der Waals surface area (Å²) < 4.78 is 17.9. The van der Waals surface area contributed by atoms with Gasteiger partial charge in [-0.1, -0.05) is 0 Å². The van der Waals surface area contributed by atoms with E-state index in [1.807, 2.05) is 0 Å². The second-order valence-electron chi connectivity index (χ2n) is 2.63. The molecule has 0 atom stereocenters. The van der Waals surface area contributed by atoms with E-state index >= 15 is 0 Å². The predicted molar refractivity (Wildman–Crippen MR) is 47.0 cm³/mol. The monoisotopic (exact) mass is 181 g/mol. The minimum atomic E-state index is -0.432. The van der Waals surface area contributed by atoms with Gasteiger partial charge in [0.15, 0.2) is 17.5 Å². The molecule has 4 nitrogen and oxygen atoms in total. The Morgan fingerprint density at radius 3 is 3.00 bits per heavy atom. The first-order valence-electron chi connectivity index (χ1n) is 3.69. The van der Waals surface area contributed by atoms with Crippen molar-refractivity contribution in [3.63, 3.8) is 0 Å². The van der Waals surface area contributed by atoms with Gasteiger partial charge in [0.1, 0.15) is 0 Å². The van der Waals surface area contributed by atoms with Crippen molar-refractivity contribution in [3.05, 3.63) is 17.9 Å². The summed E-state index contributed by atoms with van der Waals surface area (Å²) in [7, 11) is 1.40. The molecule has 0 aliphatic heterocycles. The molecule has 68 valence electrons. The number of hydrogen-bond donors (Lipinski definition) is 2. The summed E-state index contributed by atoms with van der Waals surface area (Å²) in [6.45, 7) is 0. The van der Waals surface area contributed by atoms with Gasteiger partial charge in [-0.25, -0.2) is 9.37 Å². The highest BCUT2D eigenvalue weighted by Crippen LogP contribution is 2.23. The van der Waals surface area contributed by atoms with Crippen LogP contribution >= 0.6 is 0 Å². The molecular weight excluding hydrogens is 173 g/mol. The molecule has 0 unspecified atom stereocenters. The van der Waals surface area contributed by atoms with Gasteiger partial charge in [0.05, 0.1) is 18.1 Å². The highest BCUT2D eigenvalue weighted by molar-refractivity contribution is 5.78. The normalized spacial score (nSPS) is 10.6. The number of methoxy groups -OCH3 is 1. The van der Waals surface area contributed by atoms with E-state index in [4.69, 9.17) is 10.5 Å². The lowest BCUT2D eigenvalue weighted by atomic mass is 10.3. The summed E-state index contributed by atoms with van der Waals surface area (Å²) in [5.74, 6) is 0.000281. The number of ether oxygens (including phenoxy) is 1. The Hall–Kier alpha value is -1.78. The molecule has 0 spiro atoms. The van der Waals surface area contributed by atoms with Crippen LogP contribution in [0.15, 0.2) is 12.1 Å². The van der Waals surface area contributed by atoms with E-state index in [1.54, 1.807) is 0 Å². The van der Waals surface area contributed by atoms with Crippen LogP contribution in [0.4, 0.5) is 10.3 Å². The summed E-state index contributed by atoms with van der Waals surface area (Å²) in [5.41, 5.74) is 6.56. The van der Waals surface area contributed by atoms with Crippen molar-refractivity contribution in [2.45, 2.75) is 0 Å². The first-order valence-corrected chi connectivity index (χ1v) is 3.69. The zero-order valence-corrected chi connectivity index (χ0v) is 6.97. The molecule has 2 aromatic rings. The number of nitrogens with zero attached hydrogens (tertiary/aromatic N) is 1. The molecule has 2 rings (SSSR count). The molecule has 3 N–H and O–H groups in total. The lowest BCUT2D eigenvalue weighted by Crippen LogP contribution is -1.87. The second-order valence-corrected chi connectivity index (χ2v) is 2.63.